The molecule has 9 heteroatoms. The van der Waals surface area contributed by atoms with Gasteiger partial charge in [-0.25, -0.2) is 9.67 Å². The number of hydrogen-bond acceptors (Lipinski definition) is 6. The summed E-state index contributed by atoms with van der Waals surface area (Å²) in [6.45, 7) is 6.96. The Morgan fingerprint density at radius 1 is 1.20 bits per heavy atom. The van der Waals surface area contributed by atoms with Crippen LogP contribution in [0.3, 0.4) is 0 Å². The summed E-state index contributed by atoms with van der Waals surface area (Å²) in [6.07, 6.45) is 2.63. The second kappa shape index (κ2) is 8.73. The quantitative estimate of drug-likeness (QED) is 0.364. The molecule has 1 amide bonds. The van der Waals surface area contributed by atoms with E-state index in [1.807, 2.05) is 24.3 Å². The zero-order chi connectivity index (χ0) is 21.7. The fourth-order valence-electron chi connectivity index (χ4n) is 2.82. The number of carbonyl (C=O) groups excluding carboxylic acids is 1. The summed E-state index contributed by atoms with van der Waals surface area (Å²) < 4.78 is 6.92. The number of amides is 1. The van der Waals surface area contributed by atoms with E-state index in [1.165, 1.54) is 41.1 Å². The van der Waals surface area contributed by atoms with Crippen molar-refractivity contribution in [2.24, 2.45) is 0 Å². The van der Waals surface area contributed by atoms with E-state index in [0.29, 0.717) is 5.75 Å². The lowest BCUT2D eigenvalue weighted by atomic mass is 9.87. The van der Waals surface area contributed by atoms with Crippen LogP contribution in [0.15, 0.2) is 55.1 Å². The molecule has 0 aliphatic rings. The fourth-order valence-corrected chi connectivity index (χ4v) is 2.82. The van der Waals surface area contributed by atoms with Gasteiger partial charge in [-0.3, -0.25) is 14.9 Å². The van der Waals surface area contributed by atoms with Crippen LogP contribution < -0.4 is 10.1 Å². The molecule has 0 bridgehead atoms. The van der Waals surface area contributed by atoms with E-state index in [4.69, 9.17) is 4.74 Å². The molecule has 0 radical (unpaired) electrons. The van der Waals surface area contributed by atoms with Gasteiger partial charge in [0.25, 0.3) is 11.6 Å². The van der Waals surface area contributed by atoms with Gasteiger partial charge >= 0.3 is 0 Å². The second-order valence-electron chi connectivity index (χ2n) is 7.68. The summed E-state index contributed by atoms with van der Waals surface area (Å²) in [7, 11) is 0. The van der Waals surface area contributed by atoms with Crippen molar-refractivity contribution in [1.29, 1.82) is 0 Å². The number of nitrogens with zero attached hydrogens (tertiary/aromatic N) is 4. The van der Waals surface area contributed by atoms with Gasteiger partial charge in [0, 0.05) is 11.6 Å². The molecule has 0 saturated heterocycles. The first-order valence-electron chi connectivity index (χ1n) is 9.41. The number of hydrogen-bond donors (Lipinski definition) is 1. The van der Waals surface area contributed by atoms with E-state index in [0.717, 1.165) is 0 Å². The van der Waals surface area contributed by atoms with Crippen molar-refractivity contribution in [3.63, 3.8) is 0 Å². The zero-order valence-corrected chi connectivity index (χ0v) is 17.0. The first kappa shape index (κ1) is 21.0. The highest BCUT2D eigenvalue weighted by Gasteiger charge is 2.19. The van der Waals surface area contributed by atoms with Crippen molar-refractivity contribution in [3.8, 4) is 11.4 Å². The Morgan fingerprint density at radius 3 is 2.53 bits per heavy atom. The third kappa shape index (κ3) is 4.99. The average Bonchev–Trinajstić information content (AvgIpc) is 3.25. The summed E-state index contributed by atoms with van der Waals surface area (Å²) in [4.78, 5) is 27.0. The van der Waals surface area contributed by atoms with E-state index < -0.39 is 10.8 Å². The Bertz CT molecular complexity index is 1020. The van der Waals surface area contributed by atoms with Crippen molar-refractivity contribution in [3.05, 3.63) is 76.4 Å². The molecule has 0 spiro atoms. The number of nitrogens with one attached hydrogen (secondary N) is 1. The minimum absolute atomic E-state index is 0.0680. The van der Waals surface area contributed by atoms with Crippen molar-refractivity contribution >= 4 is 11.6 Å². The lowest BCUT2D eigenvalue weighted by Crippen LogP contribution is -2.28. The summed E-state index contributed by atoms with van der Waals surface area (Å²) >= 11 is 0. The molecular weight excluding hydrogens is 386 g/mol. The van der Waals surface area contributed by atoms with Crippen molar-refractivity contribution in [2.45, 2.75) is 26.2 Å². The van der Waals surface area contributed by atoms with Crippen LogP contribution >= 0.6 is 0 Å². The van der Waals surface area contributed by atoms with Crippen LogP contribution in [-0.2, 0) is 5.41 Å². The van der Waals surface area contributed by atoms with Gasteiger partial charge in [0.15, 0.2) is 0 Å². The predicted octanol–water partition coefficient (Wildman–Crippen LogP) is 3.28. The van der Waals surface area contributed by atoms with E-state index >= 15 is 0 Å². The first-order valence-corrected chi connectivity index (χ1v) is 9.41. The van der Waals surface area contributed by atoms with Gasteiger partial charge in [-0.05, 0) is 35.2 Å². The summed E-state index contributed by atoms with van der Waals surface area (Å²) in [5.41, 5.74) is 1.46. The van der Waals surface area contributed by atoms with Crippen molar-refractivity contribution < 1.29 is 14.5 Å². The van der Waals surface area contributed by atoms with E-state index in [2.05, 4.69) is 36.2 Å². The normalized spacial score (nSPS) is 11.2. The molecule has 0 aliphatic carbocycles. The molecule has 0 unspecified atom stereocenters. The lowest BCUT2D eigenvalue weighted by Gasteiger charge is -2.19. The minimum Gasteiger partial charge on any atom is -0.492 e. The largest absolute Gasteiger partial charge is 0.492 e. The standard InChI is InChI=1S/C21H23N5O4/c1-21(2,3)16-5-7-17(8-6-16)30-11-10-23-20(27)15-4-9-18(19(12-15)26(28)29)25-14-22-13-24-25/h4-9,12-14H,10-11H2,1-3H3,(H,23,27). The number of carbonyl (C=O) groups is 1. The lowest BCUT2D eigenvalue weighted by molar-refractivity contribution is -0.384. The summed E-state index contributed by atoms with van der Waals surface area (Å²) in [5.74, 6) is 0.292. The van der Waals surface area contributed by atoms with Gasteiger partial charge in [0.05, 0.1) is 11.5 Å². The molecular formula is C21H23N5O4. The van der Waals surface area contributed by atoms with Crippen molar-refractivity contribution in [1.82, 2.24) is 20.1 Å². The number of nitro groups is 1. The van der Waals surface area contributed by atoms with Crippen LogP contribution in [0.4, 0.5) is 5.69 Å². The molecule has 9 nitrogen and oxygen atoms in total. The van der Waals surface area contributed by atoms with Gasteiger partial charge in [-0.2, -0.15) is 5.10 Å². The fraction of sp³-hybridized carbons (Fsp3) is 0.286. The Balaban J connectivity index is 1.57. The zero-order valence-electron chi connectivity index (χ0n) is 17.0. The van der Waals surface area contributed by atoms with Gasteiger partial charge in [0.2, 0.25) is 0 Å². The van der Waals surface area contributed by atoms with E-state index in [9.17, 15) is 14.9 Å². The molecule has 0 atom stereocenters. The maximum absolute atomic E-state index is 12.4. The third-order valence-electron chi connectivity index (χ3n) is 4.48. The number of benzene rings is 2. The number of aromatic nitrogens is 3. The number of nitro benzene ring substituents is 1. The molecule has 0 aliphatic heterocycles. The van der Waals surface area contributed by atoms with Gasteiger partial charge in [0.1, 0.15) is 30.7 Å². The van der Waals surface area contributed by atoms with Gasteiger partial charge < -0.3 is 10.1 Å². The molecule has 1 aromatic heterocycles. The van der Waals surface area contributed by atoms with Crippen molar-refractivity contribution in [2.75, 3.05) is 13.2 Å². The number of rotatable bonds is 7. The Morgan fingerprint density at radius 2 is 1.93 bits per heavy atom. The van der Waals surface area contributed by atoms with E-state index in [-0.39, 0.29) is 35.5 Å². The highest BCUT2D eigenvalue weighted by atomic mass is 16.6. The van der Waals surface area contributed by atoms with Gasteiger partial charge in [-0.1, -0.05) is 32.9 Å². The maximum atomic E-state index is 12.4. The van der Waals surface area contributed by atoms with Crippen LogP contribution in [0.1, 0.15) is 36.7 Å². The summed E-state index contributed by atoms with van der Waals surface area (Å²) in [5, 5.41) is 18.0. The van der Waals surface area contributed by atoms with Crippen LogP contribution in [0, 0.1) is 10.1 Å². The molecule has 3 rings (SSSR count). The Hall–Kier alpha value is -3.75. The Kier molecular flexibility index (Phi) is 6.10. The highest BCUT2D eigenvalue weighted by molar-refractivity contribution is 5.95. The molecule has 1 heterocycles. The monoisotopic (exact) mass is 409 g/mol. The molecule has 2 aromatic carbocycles. The first-order chi connectivity index (χ1) is 14.3. The second-order valence-corrected chi connectivity index (χ2v) is 7.68. The molecule has 30 heavy (non-hydrogen) atoms. The van der Waals surface area contributed by atoms with E-state index in [1.54, 1.807) is 0 Å². The smallest absolute Gasteiger partial charge is 0.295 e. The summed E-state index contributed by atoms with van der Waals surface area (Å²) in [6, 6.07) is 12.0. The van der Waals surface area contributed by atoms with Crippen LogP contribution in [-0.4, -0.2) is 38.7 Å². The molecule has 3 aromatic rings. The maximum Gasteiger partial charge on any atom is 0.295 e. The molecule has 1 N–H and O–H groups in total. The van der Waals surface area contributed by atoms with Gasteiger partial charge in [-0.15, -0.1) is 0 Å². The molecule has 0 fully saturated rings. The minimum atomic E-state index is -0.557. The van der Waals surface area contributed by atoms with Crippen LogP contribution in [0.5, 0.6) is 5.75 Å². The highest BCUT2D eigenvalue weighted by Crippen LogP contribution is 2.25. The predicted molar refractivity (Wildman–Crippen MR) is 111 cm³/mol. The average molecular weight is 409 g/mol. The molecule has 0 saturated carbocycles. The Labute approximate surface area is 173 Å². The van der Waals surface area contributed by atoms with Crippen LogP contribution in [0.2, 0.25) is 0 Å². The molecule has 156 valence electrons. The van der Waals surface area contributed by atoms with Crippen LogP contribution in [0.25, 0.3) is 5.69 Å². The SMILES string of the molecule is CC(C)(C)c1ccc(OCCNC(=O)c2ccc(-n3cncn3)c([N+](=O)[O-])c2)cc1. The third-order valence-corrected chi connectivity index (χ3v) is 4.48. The number of ether oxygens (including phenoxy) is 1. The topological polar surface area (TPSA) is 112 Å².